The molecule has 6 aliphatic rings. The number of hydrogen-bond donors (Lipinski definition) is 7. The molecule has 7 N–H and O–H groups in total. The maximum atomic E-state index is 13.7. The van der Waals surface area contributed by atoms with E-state index in [0.29, 0.717) is 44.1 Å². The summed E-state index contributed by atoms with van der Waals surface area (Å²) in [6.45, 7) is 19.1. The van der Waals surface area contributed by atoms with Crippen molar-refractivity contribution in [2.75, 3.05) is 13.2 Å². The van der Waals surface area contributed by atoms with Crippen LogP contribution in [0, 0.1) is 56.2 Å². The number of allylic oxidation sites excluding steroid dienone is 3. The molecular formula is C46H72O14. The lowest BCUT2D eigenvalue weighted by atomic mass is 9.33. The smallest absolute Gasteiger partial charge is 0.335 e. The van der Waals surface area contributed by atoms with Crippen LogP contribution in [-0.2, 0) is 33.3 Å². The summed E-state index contributed by atoms with van der Waals surface area (Å²) < 4.78 is 24.5. The first-order valence-corrected chi connectivity index (χ1v) is 22.1. The summed E-state index contributed by atoms with van der Waals surface area (Å²) in [6, 6.07) is 0. The van der Waals surface area contributed by atoms with E-state index in [9.17, 15) is 50.1 Å². The van der Waals surface area contributed by atoms with E-state index >= 15 is 0 Å². The first-order chi connectivity index (χ1) is 27.9. The molecule has 0 amide bonds. The van der Waals surface area contributed by atoms with E-state index in [-0.39, 0.29) is 35.7 Å². The van der Waals surface area contributed by atoms with E-state index in [2.05, 4.69) is 26.8 Å². The summed E-state index contributed by atoms with van der Waals surface area (Å²) in [6.07, 6.45) is -4.20. The number of carbonyl (C=O) groups is 3. The fourth-order valence-corrected chi connectivity index (χ4v) is 13.5. The van der Waals surface area contributed by atoms with Gasteiger partial charge in [-0.15, -0.1) is 0 Å². The van der Waals surface area contributed by atoms with Crippen LogP contribution in [0.1, 0.15) is 121 Å². The second kappa shape index (κ2) is 16.3. The van der Waals surface area contributed by atoms with Gasteiger partial charge in [-0.2, -0.15) is 0 Å². The lowest BCUT2D eigenvalue weighted by Gasteiger charge is -2.72. The third kappa shape index (κ3) is 6.84. The molecule has 0 spiro atoms. The van der Waals surface area contributed by atoms with Crippen molar-refractivity contribution in [3.63, 3.8) is 0 Å². The Morgan fingerprint density at radius 1 is 0.900 bits per heavy atom. The van der Waals surface area contributed by atoms with Crippen LogP contribution in [0.25, 0.3) is 0 Å². The standard InChI is InChI=1S/C46H72O14/c1-11-23(3)38(55)59-35-36(60-39(56)24(4)12-2)46(22-48)26(19-41(35,5)6)25-13-14-28-42(7)17-16-30(57-40-33(52)31(50)32(51)34(58-40)37(53)54)43(8,21-47)27(42)15-18-44(28,9)45(25,10)20-29(46)49/h12-13,23,26-36,40,47-52H,11,14-22H2,1-10H3,(H,53,54)/b24-12+/t23-,26+,27-,28-,29+,30+,31+,32+,33-,34+,35+,36+,40-,42+,43+,44-,45-,46+/m1/s1. The number of aliphatic hydroxyl groups excluding tert-OH is 6. The van der Waals surface area contributed by atoms with Crippen molar-refractivity contribution in [2.24, 2.45) is 56.2 Å². The first kappa shape index (κ1) is 47.1. The van der Waals surface area contributed by atoms with Crippen LogP contribution in [0.3, 0.4) is 0 Å². The Morgan fingerprint density at radius 2 is 1.57 bits per heavy atom. The lowest BCUT2D eigenvalue weighted by Crippen LogP contribution is -2.72. The molecular weight excluding hydrogens is 776 g/mol. The molecule has 18 atom stereocenters. The highest BCUT2D eigenvalue weighted by Gasteiger charge is 2.74. The zero-order valence-corrected chi connectivity index (χ0v) is 37.2. The van der Waals surface area contributed by atoms with Gasteiger partial charge in [0.05, 0.1) is 36.8 Å². The van der Waals surface area contributed by atoms with Gasteiger partial charge in [-0.1, -0.05) is 73.1 Å². The van der Waals surface area contributed by atoms with E-state index in [0.717, 1.165) is 12.0 Å². The molecule has 1 saturated heterocycles. The maximum Gasteiger partial charge on any atom is 0.335 e. The summed E-state index contributed by atoms with van der Waals surface area (Å²) in [5.74, 6) is -3.35. The van der Waals surface area contributed by atoms with Crippen molar-refractivity contribution in [3.05, 3.63) is 23.3 Å². The zero-order chi connectivity index (χ0) is 44.7. The van der Waals surface area contributed by atoms with Crippen molar-refractivity contribution < 1.29 is 69.1 Å². The number of carboxylic acids is 1. The Labute approximate surface area is 354 Å². The predicted octanol–water partition coefficient (Wildman–Crippen LogP) is 4.06. The van der Waals surface area contributed by atoms with Crippen LogP contribution in [0.5, 0.6) is 0 Å². The van der Waals surface area contributed by atoms with Gasteiger partial charge in [0, 0.05) is 16.4 Å². The minimum absolute atomic E-state index is 0.0785. The second-order valence-corrected chi connectivity index (χ2v) is 21.1. The highest BCUT2D eigenvalue weighted by molar-refractivity contribution is 5.88. The molecule has 1 aliphatic heterocycles. The van der Waals surface area contributed by atoms with Crippen molar-refractivity contribution in [1.29, 1.82) is 0 Å². The Balaban J connectivity index is 1.37. The number of carbonyl (C=O) groups excluding carboxylic acids is 2. The van der Waals surface area contributed by atoms with E-state index in [4.69, 9.17) is 18.9 Å². The fourth-order valence-electron chi connectivity index (χ4n) is 13.5. The van der Waals surface area contributed by atoms with E-state index in [1.165, 1.54) is 0 Å². The normalized spacial score (nSPS) is 47.9. The quantitative estimate of drug-likeness (QED) is 0.0712. The van der Waals surface area contributed by atoms with Crippen molar-refractivity contribution in [1.82, 2.24) is 0 Å². The summed E-state index contributed by atoms with van der Waals surface area (Å²) in [4.78, 5) is 39.0. The largest absolute Gasteiger partial charge is 0.479 e. The van der Waals surface area contributed by atoms with Crippen LogP contribution in [0.4, 0.5) is 0 Å². The molecule has 0 aromatic heterocycles. The lowest BCUT2D eigenvalue weighted by molar-refractivity contribution is -0.328. The van der Waals surface area contributed by atoms with Gasteiger partial charge in [-0.25, -0.2) is 9.59 Å². The van der Waals surface area contributed by atoms with E-state index in [1.807, 2.05) is 27.7 Å². The zero-order valence-electron chi connectivity index (χ0n) is 37.2. The minimum atomic E-state index is -1.85. The summed E-state index contributed by atoms with van der Waals surface area (Å²) in [5.41, 5.74) is -2.76. The van der Waals surface area contributed by atoms with Gasteiger partial charge < -0.3 is 54.7 Å². The van der Waals surface area contributed by atoms with Gasteiger partial charge in [0.25, 0.3) is 0 Å². The molecule has 0 aromatic rings. The number of carboxylic acid groups (broad SMARTS) is 1. The number of rotatable bonds is 10. The van der Waals surface area contributed by atoms with Gasteiger partial charge in [0.15, 0.2) is 18.5 Å². The van der Waals surface area contributed by atoms with Crippen LogP contribution < -0.4 is 0 Å². The summed E-state index contributed by atoms with van der Waals surface area (Å²) in [5, 5.41) is 76.9. The minimum Gasteiger partial charge on any atom is -0.479 e. The number of ether oxygens (including phenoxy) is 4. The molecule has 5 aliphatic carbocycles. The number of esters is 2. The number of hydrogen-bond acceptors (Lipinski definition) is 13. The van der Waals surface area contributed by atoms with E-state index in [1.54, 1.807) is 26.8 Å². The Bertz CT molecular complexity index is 1730. The van der Waals surface area contributed by atoms with Crippen LogP contribution in [-0.4, -0.2) is 122 Å². The SMILES string of the molecule is C/C=C(\C)C(=O)O[C@H]1[C@H](OC(=O)[C@H](C)CC)C(C)(C)C[C@H]2C3=CC[C@@H]4[C@@]5(C)CC[C@H](O[C@@H]6O[C@H](C(=O)O)[C@@H](O)[C@H](O)[C@H]6O)[C@@](C)(CO)[C@@H]5CC[C@@]4(C)[C@]3(C)C[C@H](O)[C@]21CO. The molecule has 340 valence electrons. The molecule has 0 radical (unpaired) electrons. The molecule has 14 heteroatoms. The molecule has 14 nitrogen and oxygen atoms in total. The van der Waals surface area contributed by atoms with Crippen molar-refractivity contribution in [3.8, 4) is 0 Å². The topological polar surface area (TPSA) is 230 Å². The van der Waals surface area contributed by atoms with Crippen LogP contribution >= 0.6 is 0 Å². The maximum absolute atomic E-state index is 13.7. The van der Waals surface area contributed by atoms with Gasteiger partial charge in [0.2, 0.25) is 0 Å². The van der Waals surface area contributed by atoms with Crippen LogP contribution in [0.2, 0.25) is 0 Å². The molecule has 6 rings (SSSR count). The third-order valence-corrected chi connectivity index (χ3v) is 17.8. The highest BCUT2D eigenvalue weighted by Crippen LogP contribution is 2.76. The monoisotopic (exact) mass is 848 g/mol. The average Bonchev–Trinajstić information content (AvgIpc) is 3.19. The Hall–Kier alpha value is -2.43. The molecule has 0 aromatic carbocycles. The summed E-state index contributed by atoms with van der Waals surface area (Å²) >= 11 is 0. The van der Waals surface area contributed by atoms with Crippen LogP contribution in [0.15, 0.2) is 23.3 Å². The third-order valence-electron chi connectivity index (χ3n) is 17.8. The molecule has 60 heavy (non-hydrogen) atoms. The van der Waals surface area contributed by atoms with Gasteiger partial charge in [-0.05, 0) is 99.2 Å². The predicted molar refractivity (Wildman–Crippen MR) is 218 cm³/mol. The average molecular weight is 849 g/mol. The first-order valence-electron chi connectivity index (χ1n) is 22.1. The number of fused-ring (bicyclic) bond motifs is 7. The van der Waals surface area contributed by atoms with Crippen molar-refractivity contribution in [2.45, 2.75) is 176 Å². The molecule has 0 bridgehead atoms. The highest BCUT2D eigenvalue weighted by atomic mass is 16.7. The molecule has 4 saturated carbocycles. The number of aliphatic carboxylic acids is 1. The number of aliphatic hydroxyl groups is 6. The van der Waals surface area contributed by atoms with E-state index < -0.39 is 113 Å². The van der Waals surface area contributed by atoms with Gasteiger partial charge in [-0.3, -0.25) is 4.79 Å². The van der Waals surface area contributed by atoms with Crippen molar-refractivity contribution >= 4 is 17.9 Å². The molecule has 1 heterocycles. The molecule has 5 fully saturated rings. The Morgan fingerprint density at radius 3 is 2.15 bits per heavy atom. The van der Waals surface area contributed by atoms with Gasteiger partial charge >= 0.3 is 17.9 Å². The summed E-state index contributed by atoms with van der Waals surface area (Å²) in [7, 11) is 0. The second-order valence-electron chi connectivity index (χ2n) is 21.1. The van der Waals surface area contributed by atoms with Gasteiger partial charge in [0.1, 0.15) is 24.4 Å². The fraction of sp³-hybridized carbons (Fsp3) is 0.848. The molecule has 0 unspecified atom stereocenters. The Kier molecular flexibility index (Phi) is 12.8.